The van der Waals surface area contributed by atoms with Crippen LogP contribution in [0, 0.1) is 12.3 Å². The van der Waals surface area contributed by atoms with Gasteiger partial charge >= 0.3 is 5.97 Å². The number of hydrogen-bond donors (Lipinski definition) is 1. The molecule has 6 heteroatoms. The van der Waals surface area contributed by atoms with Crippen LogP contribution in [-0.4, -0.2) is 29.8 Å². The van der Waals surface area contributed by atoms with E-state index in [0.29, 0.717) is 24.8 Å². The molecular formula is C10H17N3O3. The van der Waals surface area contributed by atoms with Crippen LogP contribution in [0.3, 0.4) is 0 Å². The molecular weight excluding hydrogens is 210 g/mol. The second kappa shape index (κ2) is 5.07. The fourth-order valence-electron chi connectivity index (χ4n) is 1.25. The topological polar surface area (TPSA) is 77.2 Å². The molecule has 0 amide bonds. The summed E-state index contributed by atoms with van der Waals surface area (Å²) in [5.74, 6) is 0.867. The van der Waals surface area contributed by atoms with Gasteiger partial charge in [0.15, 0.2) is 5.82 Å². The number of nitrogens with zero attached hydrogens (tertiary/aromatic N) is 2. The fourth-order valence-corrected chi connectivity index (χ4v) is 1.25. The lowest BCUT2D eigenvalue weighted by atomic mass is 9.94. The van der Waals surface area contributed by atoms with E-state index in [2.05, 4.69) is 15.5 Å². The Morgan fingerprint density at radius 3 is 2.75 bits per heavy atom. The first kappa shape index (κ1) is 12.6. The highest BCUT2D eigenvalue weighted by molar-refractivity contribution is 5.76. The van der Waals surface area contributed by atoms with Crippen LogP contribution in [0.5, 0.6) is 0 Å². The van der Waals surface area contributed by atoms with Crippen molar-refractivity contribution in [1.82, 2.24) is 15.5 Å². The molecule has 0 saturated heterocycles. The molecule has 1 rings (SSSR count). The minimum Gasteiger partial charge on any atom is -0.469 e. The van der Waals surface area contributed by atoms with E-state index in [1.807, 2.05) is 13.8 Å². The number of esters is 1. The molecule has 0 spiro atoms. The summed E-state index contributed by atoms with van der Waals surface area (Å²) in [6, 6.07) is 0. The standard InChI is InChI=1S/C10H17N3O3/c1-7-12-8(13-16-7)5-11-6-10(2,3)9(14)15-4/h11H,5-6H2,1-4H3. The van der Waals surface area contributed by atoms with Crippen LogP contribution in [0.2, 0.25) is 0 Å². The van der Waals surface area contributed by atoms with Gasteiger partial charge in [-0.15, -0.1) is 0 Å². The lowest BCUT2D eigenvalue weighted by Gasteiger charge is -2.21. The Balaban J connectivity index is 2.38. The fraction of sp³-hybridized carbons (Fsp3) is 0.700. The monoisotopic (exact) mass is 227 g/mol. The minimum absolute atomic E-state index is 0.246. The van der Waals surface area contributed by atoms with E-state index in [1.165, 1.54) is 7.11 Å². The average Bonchev–Trinajstić information content (AvgIpc) is 2.62. The van der Waals surface area contributed by atoms with Gasteiger partial charge in [0, 0.05) is 13.5 Å². The number of ether oxygens (including phenoxy) is 1. The quantitative estimate of drug-likeness (QED) is 0.745. The molecule has 0 aliphatic carbocycles. The molecule has 1 N–H and O–H groups in total. The normalized spacial score (nSPS) is 11.5. The second-order valence-electron chi connectivity index (χ2n) is 4.21. The minimum atomic E-state index is -0.562. The summed E-state index contributed by atoms with van der Waals surface area (Å²) in [4.78, 5) is 15.4. The van der Waals surface area contributed by atoms with Crippen LogP contribution >= 0.6 is 0 Å². The highest BCUT2D eigenvalue weighted by Crippen LogP contribution is 2.15. The third-order valence-corrected chi connectivity index (χ3v) is 2.16. The molecule has 90 valence electrons. The first-order valence-electron chi connectivity index (χ1n) is 5.04. The Morgan fingerprint density at radius 1 is 1.56 bits per heavy atom. The lowest BCUT2D eigenvalue weighted by molar-refractivity contribution is -0.150. The molecule has 0 saturated carbocycles. The highest BCUT2D eigenvalue weighted by Gasteiger charge is 2.28. The summed E-state index contributed by atoms with van der Waals surface area (Å²) in [7, 11) is 1.38. The number of hydrogen-bond acceptors (Lipinski definition) is 6. The number of rotatable bonds is 5. The Labute approximate surface area is 94.4 Å². The molecule has 0 bridgehead atoms. The number of carbonyl (C=O) groups excluding carboxylic acids is 1. The van der Waals surface area contributed by atoms with Gasteiger partial charge in [0.05, 0.1) is 19.1 Å². The summed E-state index contributed by atoms with van der Waals surface area (Å²) in [5.41, 5.74) is -0.562. The zero-order valence-electron chi connectivity index (χ0n) is 10.0. The van der Waals surface area contributed by atoms with Gasteiger partial charge in [-0.05, 0) is 13.8 Å². The highest BCUT2D eigenvalue weighted by atomic mass is 16.5. The zero-order chi connectivity index (χ0) is 12.2. The second-order valence-corrected chi connectivity index (χ2v) is 4.21. The van der Waals surface area contributed by atoms with Gasteiger partial charge in [0.2, 0.25) is 5.89 Å². The van der Waals surface area contributed by atoms with Crippen molar-refractivity contribution < 1.29 is 14.1 Å². The van der Waals surface area contributed by atoms with Gasteiger partial charge in [-0.1, -0.05) is 5.16 Å². The van der Waals surface area contributed by atoms with Crippen molar-refractivity contribution in [3.8, 4) is 0 Å². The molecule has 0 aliphatic rings. The Hall–Kier alpha value is -1.43. The Kier molecular flexibility index (Phi) is 4.00. The maximum atomic E-state index is 11.4. The van der Waals surface area contributed by atoms with E-state index in [9.17, 15) is 4.79 Å². The van der Waals surface area contributed by atoms with Crippen molar-refractivity contribution in [3.63, 3.8) is 0 Å². The summed E-state index contributed by atoms with van der Waals surface area (Å²) >= 11 is 0. The molecule has 6 nitrogen and oxygen atoms in total. The van der Waals surface area contributed by atoms with Gasteiger partial charge < -0.3 is 14.6 Å². The van der Waals surface area contributed by atoms with Gasteiger partial charge in [-0.2, -0.15) is 4.98 Å². The molecule has 0 unspecified atom stereocenters. The molecule has 1 heterocycles. The van der Waals surface area contributed by atoms with Crippen molar-refractivity contribution in [1.29, 1.82) is 0 Å². The van der Waals surface area contributed by atoms with Crippen molar-refractivity contribution in [2.24, 2.45) is 5.41 Å². The van der Waals surface area contributed by atoms with E-state index in [-0.39, 0.29) is 5.97 Å². The summed E-state index contributed by atoms with van der Waals surface area (Å²) in [6.07, 6.45) is 0. The van der Waals surface area contributed by atoms with E-state index in [0.717, 1.165) is 0 Å². The van der Waals surface area contributed by atoms with Crippen molar-refractivity contribution in [2.45, 2.75) is 27.3 Å². The third-order valence-electron chi connectivity index (χ3n) is 2.16. The van der Waals surface area contributed by atoms with Crippen LogP contribution in [-0.2, 0) is 16.1 Å². The summed E-state index contributed by atoms with van der Waals surface area (Å²) in [6.45, 7) is 6.32. The largest absolute Gasteiger partial charge is 0.469 e. The smallest absolute Gasteiger partial charge is 0.312 e. The molecule has 0 atom stereocenters. The zero-order valence-corrected chi connectivity index (χ0v) is 10.0. The SMILES string of the molecule is COC(=O)C(C)(C)CNCc1noc(C)n1. The van der Waals surface area contributed by atoms with E-state index in [1.54, 1.807) is 6.92 Å². The summed E-state index contributed by atoms with van der Waals surface area (Å²) < 4.78 is 9.52. The van der Waals surface area contributed by atoms with Crippen LogP contribution in [0.15, 0.2) is 4.52 Å². The average molecular weight is 227 g/mol. The Bertz CT molecular complexity index is 360. The number of aryl methyl sites for hydroxylation is 1. The van der Waals surface area contributed by atoms with Crippen LogP contribution in [0.25, 0.3) is 0 Å². The molecule has 1 aromatic heterocycles. The lowest BCUT2D eigenvalue weighted by Crippen LogP contribution is -2.36. The molecule has 0 aromatic carbocycles. The predicted molar refractivity (Wildman–Crippen MR) is 56.5 cm³/mol. The number of nitrogens with one attached hydrogen (secondary N) is 1. The van der Waals surface area contributed by atoms with E-state index >= 15 is 0 Å². The third kappa shape index (κ3) is 3.30. The maximum Gasteiger partial charge on any atom is 0.312 e. The molecule has 16 heavy (non-hydrogen) atoms. The van der Waals surface area contributed by atoms with Crippen LogP contribution < -0.4 is 5.32 Å². The van der Waals surface area contributed by atoms with Crippen molar-refractivity contribution >= 4 is 5.97 Å². The first-order chi connectivity index (χ1) is 7.45. The van der Waals surface area contributed by atoms with E-state index in [4.69, 9.17) is 9.26 Å². The van der Waals surface area contributed by atoms with Gasteiger partial charge in [-0.3, -0.25) is 4.79 Å². The van der Waals surface area contributed by atoms with Gasteiger partial charge in [0.1, 0.15) is 0 Å². The Morgan fingerprint density at radius 2 is 2.25 bits per heavy atom. The van der Waals surface area contributed by atoms with Crippen LogP contribution in [0.4, 0.5) is 0 Å². The molecule has 0 aliphatic heterocycles. The first-order valence-corrected chi connectivity index (χ1v) is 5.04. The van der Waals surface area contributed by atoms with Gasteiger partial charge in [0.25, 0.3) is 0 Å². The maximum absolute atomic E-state index is 11.4. The number of carbonyl (C=O) groups is 1. The summed E-state index contributed by atoms with van der Waals surface area (Å²) in [5, 5.41) is 6.82. The molecule has 1 aromatic rings. The molecule has 0 radical (unpaired) electrons. The molecule has 0 fully saturated rings. The number of aromatic nitrogens is 2. The van der Waals surface area contributed by atoms with Crippen molar-refractivity contribution in [2.75, 3.05) is 13.7 Å². The van der Waals surface area contributed by atoms with Gasteiger partial charge in [-0.25, -0.2) is 0 Å². The van der Waals surface area contributed by atoms with Crippen LogP contribution in [0.1, 0.15) is 25.6 Å². The van der Waals surface area contributed by atoms with E-state index < -0.39 is 5.41 Å². The number of methoxy groups -OCH3 is 1. The van der Waals surface area contributed by atoms with Crippen molar-refractivity contribution in [3.05, 3.63) is 11.7 Å². The predicted octanol–water partition coefficient (Wildman–Crippen LogP) is 0.667.